The molecule has 3 N–H and O–H groups in total. The normalized spacial score (nSPS) is 14.4. The van der Waals surface area contributed by atoms with E-state index in [1.54, 1.807) is 42.5 Å². The van der Waals surface area contributed by atoms with Gasteiger partial charge in [-0.25, -0.2) is 4.79 Å². The second-order valence-electron chi connectivity index (χ2n) is 13.7. The standard InChI is InChI=1S/C45H45N3O5S2/c1-5-38(43(51)48-44-40(45(52)53-4)36-24-23-33(26-39(36)55-44)31-13-8-6-9-14-31)54-35-18-12-17-34(27-35)46-42(50)37(47-41(49)32-15-10-7-11-16-32)25-29-19-21-30(22-20-29)28(2)3/h6-22,25,27-28,33,38H,5,23-24,26H2,1-4H3,(H,46,50)(H,47,49)(H,48,51)/b37-25+. The number of anilines is 2. The van der Waals surface area contributed by atoms with Gasteiger partial charge in [-0.15, -0.1) is 23.1 Å². The molecule has 6 rings (SSSR count). The van der Waals surface area contributed by atoms with E-state index in [-0.39, 0.29) is 11.6 Å². The van der Waals surface area contributed by atoms with Crippen LogP contribution in [-0.4, -0.2) is 36.1 Å². The lowest BCUT2D eigenvalue weighted by atomic mass is 9.83. The number of nitrogens with one attached hydrogen (secondary N) is 3. The second-order valence-corrected chi connectivity index (χ2v) is 16.1. The molecule has 1 aliphatic carbocycles. The van der Waals surface area contributed by atoms with Gasteiger partial charge in [0.2, 0.25) is 5.91 Å². The Hall–Kier alpha value is -5.45. The van der Waals surface area contributed by atoms with Gasteiger partial charge in [-0.05, 0) is 96.2 Å². The number of rotatable bonds is 13. The van der Waals surface area contributed by atoms with Crippen LogP contribution in [-0.2, 0) is 27.2 Å². The van der Waals surface area contributed by atoms with Gasteiger partial charge in [-0.1, -0.05) is 99.6 Å². The Balaban J connectivity index is 1.17. The Morgan fingerprint density at radius 2 is 1.60 bits per heavy atom. The summed E-state index contributed by atoms with van der Waals surface area (Å²) in [5, 5.41) is 8.84. The van der Waals surface area contributed by atoms with E-state index in [2.05, 4.69) is 41.9 Å². The number of hydrogen-bond donors (Lipinski definition) is 3. The summed E-state index contributed by atoms with van der Waals surface area (Å²) >= 11 is 2.83. The molecule has 10 heteroatoms. The van der Waals surface area contributed by atoms with Crippen molar-refractivity contribution in [1.82, 2.24) is 5.32 Å². The van der Waals surface area contributed by atoms with Crippen molar-refractivity contribution in [2.75, 3.05) is 17.7 Å². The Bertz CT molecular complexity index is 2180. The van der Waals surface area contributed by atoms with Crippen LogP contribution in [0.3, 0.4) is 0 Å². The zero-order valence-electron chi connectivity index (χ0n) is 31.4. The number of carbonyl (C=O) groups is 4. The van der Waals surface area contributed by atoms with Gasteiger partial charge < -0.3 is 20.7 Å². The molecule has 8 nitrogen and oxygen atoms in total. The van der Waals surface area contributed by atoms with E-state index in [4.69, 9.17) is 4.74 Å². The molecular weight excluding hydrogens is 727 g/mol. The van der Waals surface area contributed by atoms with Crippen LogP contribution in [0.15, 0.2) is 120 Å². The Morgan fingerprint density at radius 1 is 0.891 bits per heavy atom. The third-order valence-electron chi connectivity index (χ3n) is 9.64. The SMILES string of the molecule is CCC(Sc1cccc(NC(=O)/C(=C\c2ccc(C(C)C)cc2)NC(=O)c2ccccc2)c1)C(=O)Nc1sc2c(c1C(=O)OC)CCC(c1ccccc1)C2. The molecule has 0 saturated heterocycles. The molecule has 0 bridgehead atoms. The quantitative estimate of drug-likeness (QED) is 0.0624. The number of ether oxygens (including phenoxy) is 1. The first-order valence-electron chi connectivity index (χ1n) is 18.5. The Labute approximate surface area is 330 Å². The Morgan fingerprint density at radius 3 is 2.27 bits per heavy atom. The zero-order valence-corrected chi connectivity index (χ0v) is 33.0. The van der Waals surface area contributed by atoms with E-state index >= 15 is 0 Å². The molecule has 1 heterocycles. The summed E-state index contributed by atoms with van der Waals surface area (Å²) < 4.78 is 5.18. The van der Waals surface area contributed by atoms with Crippen LogP contribution in [0.5, 0.6) is 0 Å². The van der Waals surface area contributed by atoms with Crippen LogP contribution in [0.2, 0.25) is 0 Å². The highest BCUT2D eigenvalue weighted by Gasteiger charge is 2.32. The van der Waals surface area contributed by atoms with Gasteiger partial charge in [-0.2, -0.15) is 0 Å². The number of fused-ring (bicyclic) bond motifs is 1. The number of hydrogen-bond acceptors (Lipinski definition) is 7. The molecule has 1 aromatic heterocycles. The Kier molecular flexibility index (Phi) is 13.0. The van der Waals surface area contributed by atoms with Gasteiger partial charge >= 0.3 is 5.97 Å². The lowest BCUT2D eigenvalue weighted by Crippen LogP contribution is -2.30. The van der Waals surface area contributed by atoms with Crippen LogP contribution in [0.1, 0.15) is 93.3 Å². The van der Waals surface area contributed by atoms with Gasteiger partial charge in [0.15, 0.2) is 0 Å². The number of carbonyl (C=O) groups excluding carboxylic acids is 4. The fourth-order valence-electron chi connectivity index (χ4n) is 6.61. The van der Waals surface area contributed by atoms with E-state index in [9.17, 15) is 19.2 Å². The number of benzene rings is 4. The van der Waals surface area contributed by atoms with Crippen molar-refractivity contribution in [2.45, 2.75) is 68.4 Å². The van der Waals surface area contributed by atoms with Gasteiger partial charge in [0, 0.05) is 21.0 Å². The first kappa shape index (κ1) is 39.2. The minimum atomic E-state index is -0.490. The smallest absolute Gasteiger partial charge is 0.341 e. The molecule has 282 valence electrons. The van der Waals surface area contributed by atoms with Crippen molar-refractivity contribution < 1.29 is 23.9 Å². The number of esters is 1. The minimum Gasteiger partial charge on any atom is -0.465 e. The third-order valence-corrected chi connectivity index (χ3v) is 12.2. The van der Waals surface area contributed by atoms with Crippen molar-refractivity contribution in [3.05, 3.63) is 153 Å². The highest BCUT2D eigenvalue weighted by molar-refractivity contribution is 8.00. The molecule has 2 atom stereocenters. The average molecular weight is 772 g/mol. The maximum absolute atomic E-state index is 13.8. The van der Waals surface area contributed by atoms with E-state index < -0.39 is 23.0 Å². The molecule has 0 saturated carbocycles. The molecule has 4 aromatic carbocycles. The molecule has 0 spiro atoms. The van der Waals surface area contributed by atoms with Crippen molar-refractivity contribution in [3.8, 4) is 0 Å². The first-order valence-corrected chi connectivity index (χ1v) is 20.2. The molecule has 55 heavy (non-hydrogen) atoms. The minimum absolute atomic E-state index is 0.0881. The molecule has 0 radical (unpaired) electrons. The predicted molar refractivity (Wildman–Crippen MR) is 223 cm³/mol. The third kappa shape index (κ3) is 9.81. The summed E-state index contributed by atoms with van der Waals surface area (Å²) in [7, 11) is 1.37. The summed E-state index contributed by atoms with van der Waals surface area (Å²) in [5.41, 5.74) is 5.64. The van der Waals surface area contributed by atoms with Crippen LogP contribution < -0.4 is 16.0 Å². The molecule has 1 aliphatic rings. The molecule has 5 aromatic rings. The molecule has 0 fully saturated rings. The molecule has 3 amide bonds. The molecule has 0 aliphatic heterocycles. The molecule has 2 unspecified atom stereocenters. The lowest BCUT2D eigenvalue weighted by Gasteiger charge is -2.22. The van der Waals surface area contributed by atoms with Gasteiger partial charge in [-0.3, -0.25) is 14.4 Å². The van der Waals surface area contributed by atoms with Crippen molar-refractivity contribution in [1.29, 1.82) is 0 Å². The number of amides is 3. The fraction of sp³-hybridized carbons (Fsp3) is 0.244. The summed E-state index contributed by atoms with van der Waals surface area (Å²) in [6.45, 7) is 6.17. The maximum Gasteiger partial charge on any atom is 0.341 e. The summed E-state index contributed by atoms with van der Waals surface area (Å²) in [6, 6.07) is 34.2. The van der Waals surface area contributed by atoms with Crippen LogP contribution >= 0.6 is 23.1 Å². The average Bonchev–Trinajstić information content (AvgIpc) is 3.57. The van der Waals surface area contributed by atoms with E-state index in [0.717, 1.165) is 40.2 Å². The van der Waals surface area contributed by atoms with Gasteiger partial charge in [0.25, 0.3) is 11.8 Å². The van der Waals surface area contributed by atoms with Crippen LogP contribution in [0.4, 0.5) is 10.7 Å². The van der Waals surface area contributed by atoms with Gasteiger partial charge in [0.05, 0.1) is 17.9 Å². The predicted octanol–water partition coefficient (Wildman–Crippen LogP) is 9.85. The van der Waals surface area contributed by atoms with Crippen molar-refractivity contribution >= 4 is 63.6 Å². The monoisotopic (exact) mass is 771 g/mol. The lowest BCUT2D eigenvalue weighted by molar-refractivity contribution is -0.116. The van der Waals surface area contributed by atoms with Crippen molar-refractivity contribution in [3.63, 3.8) is 0 Å². The largest absolute Gasteiger partial charge is 0.465 e. The molecular formula is C45H45N3O5S2. The highest BCUT2D eigenvalue weighted by atomic mass is 32.2. The zero-order chi connectivity index (χ0) is 38.9. The highest BCUT2D eigenvalue weighted by Crippen LogP contribution is 2.43. The summed E-state index contributed by atoms with van der Waals surface area (Å²) in [4.78, 5) is 55.6. The second kappa shape index (κ2) is 18.3. The topological polar surface area (TPSA) is 114 Å². The number of methoxy groups -OCH3 is 1. The summed E-state index contributed by atoms with van der Waals surface area (Å²) in [5.74, 6) is -0.862. The maximum atomic E-state index is 13.8. The summed E-state index contributed by atoms with van der Waals surface area (Å²) in [6.07, 6.45) is 4.62. The fourth-order valence-corrected chi connectivity index (χ4v) is 8.94. The van der Waals surface area contributed by atoms with Crippen LogP contribution in [0.25, 0.3) is 6.08 Å². The van der Waals surface area contributed by atoms with E-state index in [0.29, 0.717) is 40.1 Å². The number of thiophene rings is 1. The number of thioether (sulfide) groups is 1. The van der Waals surface area contributed by atoms with E-state index in [1.807, 2.05) is 67.6 Å². The van der Waals surface area contributed by atoms with Gasteiger partial charge in [0.1, 0.15) is 10.7 Å². The first-order chi connectivity index (χ1) is 26.6. The van der Waals surface area contributed by atoms with Crippen LogP contribution in [0, 0.1) is 0 Å². The van der Waals surface area contributed by atoms with Crippen molar-refractivity contribution in [2.24, 2.45) is 0 Å². The van der Waals surface area contributed by atoms with E-state index in [1.165, 1.54) is 41.3 Å².